The number of aromatic nitrogens is 4. The SMILES string of the molecule is Cc1cc(NC(=O)CCc2nc(-c3ccsc3)no2)n[nH]1. The first-order chi connectivity index (χ1) is 10.2. The summed E-state index contributed by atoms with van der Waals surface area (Å²) in [6.45, 7) is 1.87. The van der Waals surface area contributed by atoms with Crippen LogP contribution in [-0.2, 0) is 11.2 Å². The molecule has 21 heavy (non-hydrogen) atoms. The highest BCUT2D eigenvalue weighted by Crippen LogP contribution is 2.19. The van der Waals surface area contributed by atoms with Crippen molar-refractivity contribution in [3.8, 4) is 11.4 Å². The lowest BCUT2D eigenvalue weighted by Crippen LogP contribution is -2.12. The molecule has 2 N–H and O–H groups in total. The lowest BCUT2D eigenvalue weighted by Gasteiger charge is -1.98. The Labute approximate surface area is 124 Å². The number of anilines is 1. The summed E-state index contributed by atoms with van der Waals surface area (Å²) < 4.78 is 5.13. The summed E-state index contributed by atoms with van der Waals surface area (Å²) in [5.41, 5.74) is 1.81. The van der Waals surface area contributed by atoms with Crippen molar-refractivity contribution in [3.05, 3.63) is 34.5 Å². The molecule has 0 radical (unpaired) electrons. The van der Waals surface area contributed by atoms with Gasteiger partial charge >= 0.3 is 0 Å². The van der Waals surface area contributed by atoms with E-state index in [1.807, 2.05) is 23.8 Å². The fourth-order valence-electron chi connectivity index (χ4n) is 1.77. The van der Waals surface area contributed by atoms with Gasteiger partial charge in [0.25, 0.3) is 0 Å². The van der Waals surface area contributed by atoms with Gasteiger partial charge in [-0.1, -0.05) is 5.16 Å². The van der Waals surface area contributed by atoms with E-state index in [-0.39, 0.29) is 12.3 Å². The Bertz CT molecular complexity index is 731. The number of carbonyl (C=O) groups excluding carboxylic acids is 1. The predicted molar refractivity (Wildman–Crippen MR) is 77.9 cm³/mol. The summed E-state index contributed by atoms with van der Waals surface area (Å²) in [7, 11) is 0. The van der Waals surface area contributed by atoms with Gasteiger partial charge in [-0.05, 0) is 18.4 Å². The van der Waals surface area contributed by atoms with Gasteiger partial charge in [-0.15, -0.1) is 0 Å². The Kier molecular flexibility index (Phi) is 3.78. The third-order valence-corrected chi connectivity index (χ3v) is 3.47. The molecular formula is C13H13N5O2S. The summed E-state index contributed by atoms with van der Waals surface area (Å²) in [6.07, 6.45) is 0.656. The van der Waals surface area contributed by atoms with E-state index in [0.717, 1.165) is 11.3 Å². The van der Waals surface area contributed by atoms with E-state index in [1.165, 1.54) is 0 Å². The molecule has 8 heteroatoms. The molecule has 0 aliphatic carbocycles. The van der Waals surface area contributed by atoms with Gasteiger partial charge in [0, 0.05) is 35.5 Å². The van der Waals surface area contributed by atoms with Gasteiger partial charge in [-0.25, -0.2) is 0 Å². The van der Waals surface area contributed by atoms with Crippen LogP contribution in [0.25, 0.3) is 11.4 Å². The van der Waals surface area contributed by atoms with Crippen LogP contribution < -0.4 is 5.32 Å². The third kappa shape index (κ3) is 3.34. The summed E-state index contributed by atoms with van der Waals surface area (Å²) in [6, 6.07) is 3.69. The molecule has 0 saturated carbocycles. The number of aryl methyl sites for hydroxylation is 2. The predicted octanol–water partition coefficient (Wildman–Crippen LogP) is 2.40. The number of thiophene rings is 1. The normalized spacial score (nSPS) is 10.7. The fourth-order valence-corrected chi connectivity index (χ4v) is 2.41. The van der Waals surface area contributed by atoms with Crippen LogP contribution >= 0.6 is 11.3 Å². The first kappa shape index (κ1) is 13.5. The minimum atomic E-state index is -0.142. The molecule has 3 rings (SSSR count). The molecule has 0 aliphatic heterocycles. The molecule has 3 aromatic rings. The average molecular weight is 303 g/mol. The van der Waals surface area contributed by atoms with Crippen LogP contribution in [0.2, 0.25) is 0 Å². The van der Waals surface area contributed by atoms with Crippen LogP contribution in [0, 0.1) is 6.92 Å². The van der Waals surface area contributed by atoms with E-state index < -0.39 is 0 Å². The average Bonchev–Trinajstić information content (AvgIpc) is 3.17. The van der Waals surface area contributed by atoms with Crippen LogP contribution in [-0.4, -0.2) is 26.2 Å². The number of carbonyl (C=O) groups is 1. The maximum Gasteiger partial charge on any atom is 0.227 e. The molecule has 0 atom stereocenters. The Morgan fingerprint density at radius 3 is 3.14 bits per heavy atom. The zero-order valence-corrected chi connectivity index (χ0v) is 12.1. The molecule has 7 nitrogen and oxygen atoms in total. The van der Waals surface area contributed by atoms with E-state index in [4.69, 9.17) is 4.52 Å². The van der Waals surface area contributed by atoms with Crippen LogP contribution in [0.5, 0.6) is 0 Å². The molecule has 0 aromatic carbocycles. The van der Waals surface area contributed by atoms with Crippen LogP contribution in [0.1, 0.15) is 18.0 Å². The molecule has 1 amide bonds. The Morgan fingerprint density at radius 1 is 1.52 bits per heavy atom. The smallest absolute Gasteiger partial charge is 0.227 e. The van der Waals surface area contributed by atoms with Crippen molar-refractivity contribution in [1.82, 2.24) is 20.3 Å². The van der Waals surface area contributed by atoms with Crippen molar-refractivity contribution >= 4 is 23.1 Å². The standard InChI is InChI=1S/C13H13N5O2S/c1-8-6-10(17-16-8)14-11(19)2-3-12-15-13(18-20-12)9-4-5-21-7-9/h4-7H,2-3H2,1H3,(H2,14,16,17,19). The first-order valence-corrected chi connectivity index (χ1v) is 7.32. The van der Waals surface area contributed by atoms with E-state index in [9.17, 15) is 4.79 Å². The van der Waals surface area contributed by atoms with E-state index >= 15 is 0 Å². The topological polar surface area (TPSA) is 96.7 Å². The molecule has 108 valence electrons. The highest BCUT2D eigenvalue weighted by Gasteiger charge is 2.11. The van der Waals surface area contributed by atoms with Crippen molar-refractivity contribution in [2.75, 3.05) is 5.32 Å². The molecule has 0 bridgehead atoms. The number of aromatic amines is 1. The zero-order chi connectivity index (χ0) is 14.7. The molecule has 0 aliphatic rings. The van der Waals surface area contributed by atoms with E-state index in [1.54, 1.807) is 17.4 Å². The third-order valence-electron chi connectivity index (χ3n) is 2.79. The maximum absolute atomic E-state index is 11.8. The van der Waals surface area contributed by atoms with Crippen LogP contribution in [0.3, 0.4) is 0 Å². The lowest BCUT2D eigenvalue weighted by atomic mass is 10.3. The summed E-state index contributed by atoms with van der Waals surface area (Å²) >= 11 is 1.57. The second kappa shape index (κ2) is 5.88. The summed E-state index contributed by atoms with van der Waals surface area (Å²) in [4.78, 5) is 16.0. The summed E-state index contributed by atoms with van der Waals surface area (Å²) in [5, 5.41) is 17.2. The molecule has 3 aromatic heterocycles. The zero-order valence-electron chi connectivity index (χ0n) is 11.3. The number of rotatable bonds is 5. The molecular weight excluding hydrogens is 290 g/mol. The lowest BCUT2D eigenvalue weighted by molar-refractivity contribution is -0.116. The minimum absolute atomic E-state index is 0.142. The first-order valence-electron chi connectivity index (χ1n) is 6.38. The molecule has 0 saturated heterocycles. The number of nitrogens with zero attached hydrogens (tertiary/aromatic N) is 3. The Morgan fingerprint density at radius 2 is 2.43 bits per heavy atom. The Balaban J connectivity index is 1.54. The van der Waals surface area contributed by atoms with Crippen molar-refractivity contribution in [3.63, 3.8) is 0 Å². The van der Waals surface area contributed by atoms with Crippen molar-refractivity contribution in [2.24, 2.45) is 0 Å². The molecule has 0 spiro atoms. The number of hydrogen-bond donors (Lipinski definition) is 2. The van der Waals surface area contributed by atoms with Gasteiger partial charge in [-0.3, -0.25) is 9.89 Å². The molecule has 0 fully saturated rings. The van der Waals surface area contributed by atoms with Crippen molar-refractivity contribution in [1.29, 1.82) is 0 Å². The highest BCUT2D eigenvalue weighted by molar-refractivity contribution is 7.08. The minimum Gasteiger partial charge on any atom is -0.339 e. The van der Waals surface area contributed by atoms with Gasteiger partial charge < -0.3 is 9.84 Å². The maximum atomic E-state index is 11.8. The Hall–Kier alpha value is -2.48. The van der Waals surface area contributed by atoms with Gasteiger partial charge in [0.2, 0.25) is 17.6 Å². The van der Waals surface area contributed by atoms with Crippen molar-refractivity contribution in [2.45, 2.75) is 19.8 Å². The number of amides is 1. The van der Waals surface area contributed by atoms with Crippen molar-refractivity contribution < 1.29 is 9.32 Å². The monoisotopic (exact) mass is 303 g/mol. The second-order valence-corrected chi connectivity index (χ2v) is 5.29. The largest absolute Gasteiger partial charge is 0.339 e. The highest BCUT2D eigenvalue weighted by atomic mass is 32.1. The summed E-state index contributed by atoms with van der Waals surface area (Å²) in [5.74, 6) is 1.37. The van der Waals surface area contributed by atoms with E-state index in [0.29, 0.717) is 24.0 Å². The molecule has 0 unspecified atom stereocenters. The van der Waals surface area contributed by atoms with Gasteiger partial charge in [0.1, 0.15) is 0 Å². The van der Waals surface area contributed by atoms with Gasteiger partial charge in [0.15, 0.2) is 5.82 Å². The van der Waals surface area contributed by atoms with E-state index in [2.05, 4.69) is 25.7 Å². The number of nitrogens with one attached hydrogen (secondary N) is 2. The van der Waals surface area contributed by atoms with Gasteiger partial charge in [-0.2, -0.15) is 21.4 Å². The second-order valence-electron chi connectivity index (χ2n) is 4.51. The number of H-pyrrole nitrogens is 1. The number of hydrogen-bond acceptors (Lipinski definition) is 6. The molecule has 3 heterocycles. The van der Waals surface area contributed by atoms with Crippen LogP contribution in [0.4, 0.5) is 5.82 Å². The fraction of sp³-hybridized carbons (Fsp3) is 0.231. The van der Waals surface area contributed by atoms with Gasteiger partial charge in [0.05, 0.1) is 0 Å². The van der Waals surface area contributed by atoms with Crippen LogP contribution in [0.15, 0.2) is 27.4 Å². The quantitative estimate of drug-likeness (QED) is 0.754.